The Kier molecular flexibility index (Phi) is 7.49. The molecule has 8 aromatic carbocycles. The zero-order valence-corrected chi connectivity index (χ0v) is 30.5. The van der Waals surface area contributed by atoms with Gasteiger partial charge in [-0.15, -0.1) is 0 Å². The molecule has 11 aromatic rings. The Morgan fingerprint density at radius 2 is 0.786 bits per heavy atom. The van der Waals surface area contributed by atoms with E-state index >= 15 is 0 Å². The molecule has 3 aromatic heterocycles. The maximum absolute atomic E-state index is 5.36. The van der Waals surface area contributed by atoms with Gasteiger partial charge in [-0.3, -0.25) is 0 Å². The molecule has 0 aliphatic heterocycles. The molecule has 0 unspecified atom stereocenters. The minimum absolute atomic E-state index is 0.938. The molecule has 0 radical (unpaired) electrons. The molecule has 0 aliphatic carbocycles. The summed E-state index contributed by atoms with van der Waals surface area (Å²) in [7, 11) is 0. The number of para-hydroxylation sites is 4. The van der Waals surface area contributed by atoms with Gasteiger partial charge in [0, 0.05) is 43.9 Å². The van der Waals surface area contributed by atoms with Gasteiger partial charge in [-0.25, -0.2) is 4.98 Å². The largest absolute Gasteiger partial charge is 0.309 e. The molecular weight excluding hydrogens is 679 g/mol. The highest BCUT2D eigenvalue weighted by atomic mass is 15.0. The Bertz CT molecular complexity index is 3170. The summed E-state index contributed by atoms with van der Waals surface area (Å²) in [6.07, 6.45) is 0. The van der Waals surface area contributed by atoms with E-state index in [1.165, 1.54) is 43.6 Å². The van der Waals surface area contributed by atoms with Gasteiger partial charge in [-0.2, -0.15) is 0 Å². The van der Waals surface area contributed by atoms with E-state index in [0.717, 1.165) is 56.1 Å². The SMILES string of the molecule is c1ccc(-c2cc(-c3ccccc3)nc(-c3ccccc3-c3ccccc3-n3c4ccccc4c4c5c6ccccc6n(-c6ccccc6)c5ccc43)c2)cc1. The van der Waals surface area contributed by atoms with Crippen molar-refractivity contribution < 1.29 is 0 Å². The molecule has 262 valence electrons. The molecule has 0 amide bonds. The van der Waals surface area contributed by atoms with Crippen LogP contribution in [0.4, 0.5) is 0 Å². The summed E-state index contributed by atoms with van der Waals surface area (Å²) in [5.41, 5.74) is 15.7. The van der Waals surface area contributed by atoms with Crippen molar-refractivity contribution in [2.45, 2.75) is 0 Å². The van der Waals surface area contributed by atoms with E-state index in [0.29, 0.717) is 0 Å². The molecule has 3 heteroatoms. The van der Waals surface area contributed by atoms with Crippen LogP contribution in [0.1, 0.15) is 0 Å². The minimum atomic E-state index is 0.938. The van der Waals surface area contributed by atoms with Gasteiger partial charge in [-0.1, -0.05) is 158 Å². The van der Waals surface area contributed by atoms with Crippen molar-refractivity contribution in [2.24, 2.45) is 0 Å². The van der Waals surface area contributed by atoms with Gasteiger partial charge in [0.15, 0.2) is 0 Å². The number of pyridine rings is 1. The summed E-state index contributed by atoms with van der Waals surface area (Å²) in [6, 6.07) is 76.1. The third kappa shape index (κ3) is 5.09. The molecule has 0 saturated heterocycles. The van der Waals surface area contributed by atoms with Crippen LogP contribution in [-0.2, 0) is 0 Å². The Balaban J connectivity index is 1.17. The predicted octanol–water partition coefficient (Wildman–Crippen LogP) is 13.9. The Morgan fingerprint density at radius 1 is 0.304 bits per heavy atom. The first-order valence-corrected chi connectivity index (χ1v) is 19.1. The van der Waals surface area contributed by atoms with Crippen LogP contribution in [0, 0.1) is 0 Å². The van der Waals surface area contributed by atoms with E-state index in [9.17, 15) is 0 Å². The third-order valence-electron chi connectivity index (χ3n) is 11.1. The van der Waals surface area contributed by atoms with Gasteiger partial charge in [0.2, 0.25) is 0 Å². The molecule has 0 aliphatic rings. The van der Waals surface area contributed by atoms with Crippen LogP contribution in [-0.4, -0.2) is 14.1 Å². The molecule has 3 heterocycles. The lowest BCUT2D eigenvalue weighted by molar-refractivity contribution is 1.17. The first-order chi connectivity index (χ1) is 27.8. The number of aromatic nitrogens is 3. The number of fused-ring (bicyclic) bond motifs is 7. The van der Waals surface area contributed by atoms with Crippen molar-refractivity contribution in [3.05, 3.63) is 212 Å². The summed E-state index contributed by atoms with van der Waals surface area (Å²) >= 11 is 0. The molecule has 3 nitrogen and oxygen atoms in total. The number of nitrogens with zero attached hydrogens (tertiary/aromatic N) is 3. The van der Waals surface area contributed by atoms with Gasteiger partial charge in [0.25, 0.3) is 0 Å². The highest BCUT2D eigenvalue weighted by Crippen LogP contribution is 2.44. The molecule has 11 rings (SSSR count). The standard InChI is InChI=1S/C53H35N3/c1-4-18-36(19-5-1)38-34-45(37-20-6-2-7-21-37)54-46(35-38)41-25-11-10-24-40(41)42-26-12-15-29-47(42)56-49-31-17-14-28-44(49)53-51(56)33-32-50-52(53)43-27-13-16-30-48(43)55(50)39-22-8-3-9-23-39/h1-35H. The lowest BCUT2D eigenvalue weighted by Gasteiger charge is -2.17. The molecule has 0 atom stereocenters. The third-order valence-corrected chi connectivity index (χ3v) is 11.1. The van der Waals surface area contributed by atoms with Crippen molar-refractivity contribution in [2.75, 3.05) is 0 Å². The Morgan fingerprint density at radius 3 is 1.46 bits per heavy atom. The second-order valence-corrected chi connectivity index (χ2v) is 14.3. The van der Waals surface area contributed by atoms with Crippen molar-refractivity contribution in [1.82, 2.24) is 14.1 Å². The van der Waals surface area contributed by atoms with E-state index < -0.39 is 0 Å². The van der Waals surface area contributed by atoms with Crippen molar-refractivity contribution in [1.29, 1.82) is 0 Å². The number of hydrogen-bond donors (Lipinski definition) is 0. The van der Waals surface area contributed by atoms with Gasteiger partial charge in [0.1, 0.15) is 0 Å². The van der Waals surface area contributed by atoms with E-state index in [4.69, 9.17) is 4.98 Å². The van der Waals surface area contributed by atoms with E-state index in [-0.39, 0.29) is 0 Å². The second kappa shape index (κ2) is 13.1. The quantitative estimate of drug-likeness (QED) is 0.168. The zero-order chi connectivity index (χ0) is 37.0. The first-order valence-electron chi connectivity index (χ1n) is 19.1. The van der Waals surface area contributed by atoms with Crippen LogP contribution in [0.3, 0.4) is 0 Å². The Hall–Kier alpha value is -7.49. The van der Waals surface area contributed by atoms with Gasteiger partial charge < -0.3 is 9.13 Å². The molecule has 0 bridgehead atoms. The number of benzene rings is 8. The smallest absolute Gasteiger partial charge is 0.0721 e. The average molecular weight is 714 g/mol. The fourth-order valence-corrected chi connectivity index (χ4v) is 8.69. The fraction of sp³-hybridized carbons (Fsp3) is 0. The van der Waals surface area contributed by atoms with Crippen LogP contribution in [0.25, 0.3) is 99.8 Å². The zero-order valence-electron chi connectivity index (χ0n) is 30.5. The number of hydrogen-bond acceptors (Lipinski definition) is 1. The molecule has 0 saturated carbocycles. The first kappa shape index (κ1) is 32.0. The average Bonchev–Trinajstić information content (AvgIpc) is 3.80. The van der Waals surface area contributed by atoms with Crippen molar-refractivity contribution >= 4 is 43.6 Å². The summed E-state index contributed by atoms with van der Waals surface area (Å²) in [5.74, 6) is 0. The van der Waals surface area contributed by atoms with Crippen LogP contribution >= 0.6 is 0 Å². The highest BCUT2D eigenvalue weighted by molar-refractivity contribution is 6.29. The maximum atomic E-state index is 5.36. The predicted molar refractivity (Wildman–Crippen MR) is 235 cm³/mol. The summed E-state index contributed by atoms with van der Waals surface area (Å²) in [6.45, 7) is 0. The van der Waals surface area contributed by atoms with Crippen LogP contribution in [0.5, 0.6) is 0 Å². The lowest BCUT2D eigenvalue weighted by atomic mass is 9.93. The van der Waals surface area contributed by atoms with Crippen LogP contribution in [0.2, 0.25) is 0 Å². The topological polar surface area (TPSA) is 22.8 Å². The molecule has 0 fully saturated rings. The van der Waals surface area contributed by atoms with Crippen molar-refractivity contribution in [3.8, 4) is 56.1 Å². The summed E-state index contributed by atoms with van der Waals surface area (Å²) in [5, 5.41) is 5.01. The van der Waals surface area contributed by atoms with Crippen LogP contribution < -0.4 is 0 Å². The molecule has 0 spiro atoms. The molecular formula is C53H35N3. The minimum Gasteiger partial charge on any atom is -0.309 e. The normalized spacial score (nSPS) is 11.6. The summed E-state index contributed by atoms with van der Waals surface area (Å²) in [4.78, 5) is 5.36. The van der Waals surface area contributed by atoms with Crippen molar-refractivity contribution in [3.63, 3.8) is 0 Å². The van der Waals surface area contributed by atoms with Gasteiger partial charge in [-0.05, 0) is 71.3 Å². The monoisotopic (exact) mass is 713 g/mol. The van der Waals surface area contributed by atoms with Crippen LogP contribution in [0.15, 0.2) is 212 Å². The number of rotatable bonds is 6. The molecule has 0 N–H and O–H groups in total. The Labute approximate surface area is 325 Å². The molecule has 56 heavy (non-hydrogen) atoms. The van der Waals surface area contributed by atoms with E-state index in [1.54, 1.807) is 0 Å². The maximum Gasteiger partial charge on any atom is 0.0721 e. The summed E-state index contributed by atoms with van der Waals surface area (Å²) < 4.78 is 4.87. The second-order valence-electron chi connectivity index (χ2n) is 14.3. The van der Waals surface area contributed by atoms with E-state index in [1.807, 2.05) is 0 Å². The fourth-order valence-electron chi connectivity index (χ4n) is 8.69. The lowest BCUT2D eigenvalue weighted by Crippen LogP contribution is -1.99. The van der Waals surface area contributed by atoms with E-state index in [2.05, 4.69) is 221 Å². The van der Waals surface area contributed by atoms with Gasteiger partial charge >= 0.3 is 0 Å². The highest BCUT2D eigenvalue weighted by Gasteiger charge is 2.22. The van der Waals surface area contributed by atoms with Gasteiger partial charge in [0.05, 0.1) is 39.1 Å².